The van der Waals surface area contributed by atoms with Gasteiger partial charge in [-0.05, 0) is 12.8 Å². The van der Waals surface area contributed by atoms with Crippen LogP contribution in [-0.2, 0) is 17.8 Å². The highest BCUT2D eigenvalue weighted by atomic mass is 16.5. The zero-order chi connectivity index (χ0) is 9.97. The maximum Gasteiger partial charge on any atom is 0.437 e. The quantitative estimate of drug-likeness (QED) is 0.707. The smallest absolute Gasteiger partial charge is 0.391 e. The third-order valence-electron chi connectivity index (χ3n) is 2.22. The van der Waals surface area contributed by atoms with E-state index in [2.05, 4.69) is 5.10 Å². The van der Waals surface area contributed by atoms with Gasteiger partial charge in [-0.15, -0.1) is 5.10 Å². The highest BCUT2D eigenvalue weighted by Gasteiger charge is 2.18. The predicted molar refractivity (Wildman–Crippen MR) is 47.6 cm³/mol. The van der Waals surface area contributed by atoms with Crippen LogP contribution in [0.15, 0.2) is 9.21 Å². The molecule has 6 heteroatoms. The fourth-order valence-corrected chi connectivity index (χ4v) is 1.53. The lowest BCUT2D eigenvalue weighted by Crippen LogP contribution is -2.24. The molecule has 1 fully saturated rings. The van der Waals surface area contributed by atoms with Crippen molar-refractivity contribution in [3.63, 3.8) is 0 Å². The Labute approximate surface area is 80.6 Å². The molecule has 78 valence electrons. The summed E-state index contributed by atoms with van der Waals surface area (Å²) < 4.78 is 11.4. The first-order valence-electron chi connectivity index (χ1n) is 4.68. The van der Waals surface area contributed by atoms with Gasteiger partial charge in [0.15, 0.2) is 0 Å². The van der Waals surface area contributed by atoms with Gasteiger partial charge in [0.05, 0.1) is 19.2 Å². The van der Waals surface area contributed by atoms with E-state index in [1.165, 1.54) is 4.68 Å². The molecular formula is C8H13N3O3. The Morgan fingerprint density at radius 2 is 2.50 bits per heavy atom. The first-order chi connectivity index (χ1) is 6.79. The number of rotatable bonds is 3. The molecule has 0 bridgehead atoms. The van der Waals surface area contributed by atoms with E-state index in [1.54, 1.807) is 0 Å². The van der Waals surface area contributed by atoms with E-state index in [0.717, 1.165) is 19.4 Å². The summed E-state index contributed by atoms with van der Waals surface area (Å²) in [5.41, 5.74) is 5.30. The van der Waals surface area contributed by atoms with Gasteiger partial charge in [0, 0.05) is 6.61 Å². The van der Waals surface area contributed by atoms with E-state index in [-0.39, 0.29) is 18.5 Å². The maximum atomic E-state index is 11.2. The van der Waals surface area contributed by atoms with Gasteiger partial charge in [-0.1, -0.05) is 0 Å². The van der Waals surface area contributed by atoms with Gasteiger partial charge in [-0.2, -0.15) is 4.68 Å². The van der Waals surface area contributed by atoms with Gasteiger partial charge in [0.1, 0.15) is 0 Å². The Kier molecular flexibility index (Phi) is 2.64. The van der Waals surface area contributed by atoms with Crippen molar-refractivity contribution in [2.45, 2.75) is 32.0 Å². The van der Waals surface area contributed by atoms with Crippen molar-refractivity contribution in [1.82, 2.24) is 9.78 Å². The number of aromatic nitrogens is 2. The molecule has 2 rings (SSSR count). The van der Waals surface area contributed by atoms with Crippen LogP contribution in [-0.4, -0.2) is 22.5 Å². The summed E-state index contributed by atoms with van der Waals surface area (Å²) in [4.78, 5) is 11.2. The molecule has 0 aliphatic carbocycles. The fraction of sp³-hybridized carbons (Fsp3) is 0.750. The second kappa shape index (κ2) is 3.93. The van der Waals surface area contributed by atoms with Gasteiger partial charge in [0.2, 0.25) is 5.89 Å². The first kappa shape index (κ1) is 9.42. The van der Waals surface area contributed by atoms with Crippen LogP contribution >= 0.6 is 0 Å². The maximum absolute atomic E-state index is 11.2. The third-order valence-corrected chi connectivity index (χ3v) is 2.22. The second-order valence-corrected chi connectivity index (χ2v) is 3.28. The molecule has 0 amide bonds. The lowest BCUT2D eigenvalue weighted by atomic mass is 10.2. The summed E-state index contributed by atoms with van der Waals surface area (Å²) in [6, 6.07) is 0. The van der Waals surface area contributed by atoms with Gasteiger partial charge in [-0.3, -0.25) is 0 Å². The Hall–Kier alpha value is -1.14. The second-order valence-electron chi connectivity index (χ2n) is 3.28. The standard InChI is InChI=1S/C8H13N3O3/c9-4-7-10-11(8(12)14-7)5-6-2-1-3-13-6/h6H,1-5,9H2. The number of ether oxygens (including phenoxy) is 1. The molecule has 6 nitrogen and oxygen atoms in total. The number of nitrogens with zero attached hydrogens (tertiary/aromatic N) is 2. The van der Waals surface area contributed by atoms with Gasteiger partial charge in [0.25, 0.3) is 0 Å². The average Bonchev–Trinajstić information content (AvgIpc) is 2.78. The van der Waals surface area contributed by atoms with Crippen molar-refractivity contribution >= 4 is 0 Å². The third kappa shape index (κ3) is 1.85. The van der Waals surface area contributed by atoms with Crippen LogP contribution in [0.5, 0.6) is 0 Å². The Morgan fingerprint density at radius 3 is 3.07 bits per heavy atom. The zero-order valence-electron chi connectivity index (χ0n) is 7.81. The lowest BCUT2D eigenvalue weighted by Gasteiger charge is -2.06. The van der Waals surface area contributed by atoms with E-state index in [0.29, 0.717) is 6.54 Å². The van der Waals surface area contributed by atoms with E-state index >= 15 is 0 Å². The van der Waals surface area contributed by atoms with Crippen LogP contribution in [0.2, 0.25) is 0 Å². The summed E-state index contributed by atoms with van der Waals surface area (Å²) in [5.74, 6) is -0.186. The minimum absolute atomic E-state index is 0.0865. The van der Waals surface area contributed by atoms with Crippen LogP contribution in [0.1, 0.15) is 18.7 Å². The summed E-state index contributed by atoms with van der Waals surface area (Å²) >= 11 is 0. The molecule has 1 aliphatic heterocycles. The van der Waals surface area contributed by atoms with Crippen LogP contribution < -0.4 is 11.5 Å². The van der Waals surface area contributed by atoms with E-state index < -0.39 is 5.76 Å². The van der Waals surface area contributed by atoms with E-state index in [1.807, 2.05) is 0 Å². The number of nitrogens with two attached hydrogens (primary N) is 1. The van der Waals surface area contributed by atoms with Crippen LogP contribution in [0.25, 0.3) is 0 Å². The van der Waals surface area contributed by atoms with Gasteiger partial charge in [-0.25, -0.2) is 4.79 Å². The van der Waals surface area contributed by atoms with Crippen molar-refractivity contribution in [3.8, 4) is 0 Å². The highest BCUT2D eigenvalue weighted by molar-refractivity contribution is 4.74. The molecule has 1 unspecified atom stereocenters. The zero-order valence-corrected chi connectivity index (χ0v) is 7.81. The molecule has 1 atom stereocenters. The predicted octanol–water partition coefficient (Wildman–Crippen LogP) is -0.526. The minimum atomic E-state index is -0.457. The van der Waals surface area contributed by atoms with Crippen molar-refractivity contribution in [3.05, 3.63) is 16.4 Å². The molecular weight excluding hydrogens is 186 g/mol. The molecule has 2 heterocycles. The van der Waals surface area contributed by atoms with Crippen LogP contribution in [0.3, 0.4) is 0 Å². The number of hydrogen-bond donors (Lipinski definition) is 1. The monoisotopic (exact) mass is 199 g/mol. The topological polar surface area (TPSA) is 83.3 Å². The molecule has 0 spiro atoms. The van der Waals surface area contributed by atoms with E-state index in [4.69, 9.17) is 14.9 Å². The van der Waals surface area contributed by atoms with Crippen LogP contribution in [0.4, 0.5) is 0 Å². The molecule has 0 aromatic carbocycles. The summed E-state index contributed by atoms with van der Waals surface area (Å²) in [6.07, 6.45) is 2.10. The Bertz CT molecular complexity index is 351. The molecule has 1 aliphatic rings. The Balaban J connectivity index is 2.07. The van der Waals surface area contributed by atoms with Gasteiger partial charge >= 0.3 is 5.76 Å². The molecule has 1 aromatic heterocycles. The summed E-state index contributed by atoms with van der Waals surface area (Å²) in [7, 11) is 0. The molecule has 2 N–H and O–H groups in total. The fourth-order valence-electron chi connectivity index (χ4n) is 1.53. The molecule has 1 aromatic rings. The average molecular weight is 199 g/mol. The largest absolute Gasteiger partial charge is 0.437 e. The molecule has 14 heavy (non-hydrogen) atoms. The van der Waals surface area contributed by atoms with E-state index in [9.17, 15) is 4.79 Å². The highest BCUT2D eigenvalue weighted by Crippen LogP contribution is 2.12. The molecule has 0 radical (unpaired) electrons. The SMILES string of the molecule is NCc1nn(CC2CCCO2)c(=O)o1. The van der Waals surface area contributed by atoms with Crippen molar-refractivity contribution in [2.75, 3.05) is 6.61 Å². The van der Waals surface area contributed by atoms with Gasteiger partial charge < -0.3 is 14.9 Å². The first-order valence-corrected chi connectivity index (χ1v) is 4.68. The van der Waals surface area contributed by atoms with Crippen molar-refractivity contribution in [1.29, 1.82) is 0 Å². The number of hydrogen-bond acceptors (Lipinski definition) is 5. The minimum Gasteiger partial charge on any atom is -0.391 e. The molecule has 1 saturated heterocycles. The Morgan fingerprint density at radius 1 is 1.64 bits per heavy atom. The molecule has 0 saturated carbocycles. The van der Waals surface area contributed by atoms with Crippen LogP contribution in [0, 0.1) is 0 Å². The van der Waals surface area contributed by atoms with Crippen molar-refractivity contribution < 1.29 is 9.15 Å². The normalized spacial score (nSPS) is 21.6. The van der Waals surface area contributed by atoms with Crippen molar-refractivity contribution in [2.24, 2.45) is 5.73 Å². The lowest BCUT2D eigenvalue weighted by molar-refractivity contribution is 0.0922. The summed E-state index contributed by atoms with van der Waals surface area (Å²) in [5, 5.41) is 3.92. The summed E-state index contributed by atoms with van der Waals surface area (Å²) in [6.45, 7) is 1.37.